The SMILES string of the molecule is FC(F)Oc1cccc(C(Br)c2ccc3c(c2)CCO3)c1. The quantitative estimate of drug-likeness (QED) is 0.740. The Morgan fingerprint density at radius 3 is 2.71 bits per heavy atom. The van der Waals surface area contributed by atoms with Crippen LogP contribution in [0.4, 0.5) is 8.78 Å². The Bertz CT molecular complexity index is 646. The minimum Gasteiger partial charge on any atom is -0.493 e. The second-order valence-corrected chi connectivity index (χ2v) is 5.69. The van der Waals surface area contributed by atoms with E-state index in [9.17, 15) is 8.78 Å². The van der Waals surface area contributed by atoms with Crippen molar-refractivity contribution in [3.05, 3.63) is 59.2 Å². The first-order valence-electron chi connectivity index (χ1n) is 6.58. The first-order chi connectivity index (χ1) is 10.1. The van der Waals surface area contributed by atoms with Gasteiger partial charge in [0.1, 0.15) is 11.5 Å². The Kier molecular flexibility index (Phi) is 4.10. The molecule has 110 valence electrons. The van der Waals surface area contributed by atoms with Crippen LogP contribution in [0.3, 0.4) is 0 Å². The van der Waals surface area contributed by atoms with E-state index in [0.717, 1.165) is 23.3 Å². The van der Waals surface area contributed by atoms with Gasteiger partial charge >= 0.3 is 6.61 Å². The van der Waals surface area contributed by atoms with E-state index in [0.29, 0.717) is 6.61 Å². The van der Waals surface area contributed by atoms with Crippen molar-refractivity contribution in [3.8, 4) is 11.5 Å². The van der Waals surface area contributed by atoms with Crippen LogP contribution in [0, 0.1) is 0 Å². The number of ether oxygens (including phenoxy) is 2. The lowest BCUT2D eigenvalue weighted by Crippen LogP contribution is -2.02. The monoisotopic (exact) mass is 354 g/mol. The average molecular weight is 355 g/mol. The molecule has 2 aromatic carbocycles. The third kappa shape index (κ3) is 3.18. The molecular weight excluding hydrogens is 342 g/mol. The number of fused-ring (bicyclic) bond motifs is 1. The molecule has 0 saturated heterocycles. The zero-order chi connectivity index (χ0) is 14.8. The number of alkyl halides is 3. The van der Waals surface area contributed by atoms with Gasteiger partial charge in [0, 0.05) is 6.42 Å². The van der Waals surface area contributed by atoms with Gasteiger partial charge in [-0.05, 0) is 34.9 Å². The summed E-state index contributed by atoms with van der Waals surface area (Å²) in [4.78, 5) is -0.0791. The molecule has 1 unspecified atom stereocenters. The molecule has 1 aliphatic rings. The maximum atomic E-state index is 12.3. The van der Waals surface area contributed by atoms with Crippen molar-refractivity contribution in [1.82, 2.24) is 0 Å². The summed E-state index contributed by atoms with van der Waals surface area (Å²) < 4.78 is 34.5. The van der Waals surface area contributed by atoms with E-state index < -0.39 is 6.61 Å². The fraction of sp³-hybridized carbons (Fsp3) is 0.250. The number of halogens is 3. The molecule has 0 bridgehead atoms. The maximum absolute atomic E-state index is 12.3. The van der Waals surface area contributed by atoms with Gasteiger partial charge in [0.2, 0.25) is 0 Å². The number of benzene rings is 2. The minimum atomic E-state index is -2.81. The highest BCUT2D eigenvalue weighted by molar-refractivity contribution is 9.09. The Balaban J connectivity index is 1.86. The van der Waals surface area contributed by atoms with Crippen LogP contribution in [0.15, 0.2) is 42.5 Å². The van der Waals surface area contributed by atoms with Crippen LogP contribution >= 0.6 is 15.9 Å². The number of hydrogen-bond acceptors (Lipinski definition) is 2. The van der Waals surface area contributed by atoms with Crippen molar-refractivity contribution in [2.75, 3.05) is 6.61 Å². The minimum absolute atomic E-state index is 0.0791. The summed E-state index contributed by atoms with van der Waals surface area (Å²) in [5, 5.41) is 0. The van der Waals surface area contributed by atoms with E-state index in [4.69, 9.17) is 4.74 Å². The molecule has 2 nitrogen and oxygen atoms in total. The standard InChI is InChI=1S/C16H13BrF2O2/c17-15(11-2-1-3-13(9-11)21-16(18)19)12-4-5-14-10(8-12)6-7-20-14/h1-5,8-9,15-16H,6-7H2. The molecule has 0 aromatic heterocycles. The molecule has 5 heteroatoms. The summed E-state index contributed by atoms with van der Waals surface area (Å²) in [5.74, 6) is 1.09. The fourth-order valence-electron chi connectivity index (χ4n) is 2.40. The molecule has 0 spiro atoms. The first-order valence-corrected chi connectivity index (χ1v) is 7.49. The fourth-order valence-corrected chi connectivity index (χ4v) is 2.97. The zero-order valence-corrected chi connectivity index (χ0v) is 12.6. The van der Waals surface area contributed by atoms with Gasteiger partial charge in [-0.2, -0.15) is 8.78 Å². The highest BCUT2D eigenvalue weighted by atomic mass is 79.9. The summed E-state index contributed by atoms with van der Waals surface area (Å²) in [7, 11) is 0. The predicted molar refractivity (Wildman–Crippen MR) is 79.5 cm³/mol. The molecule has 1 atom stereocenters. The topological polar surface area (TPSA) is 18.5 Å². The number of rotatable bonds is 4. The summed E-state index contributed by atoms with van der Waals surface area (Å²) in [6.07, 6.45) is 0.900. The van der Waals surface area contributed by atoms with E-state index in [2.05, 4.69) is 26.7 Å². The van der Waals surface area contributed by atoms with Gasteiger partial charge in [-0.15, -0.1) is 0 Å². The molecule has 0 N–H and O–H groups in total. The molecule has 1 heterocycles. The summed E-state index contributed by atoms with van der Waals surface area (Å²) >= 11 is 3.62. The largest absolute Gasteiger partial charge is 0.493 e. The summed E-state index contributed by atoms with van der Waals surface area (Å²) in [5.41, 5.74) is 3.11. The molecule has 2 aromatic rings. The lowest BCUT2D eigenvalue weighted by molar-refractivity contribution is -0.0498. The lowest BCUT2D eigenvalue weighted by atomic mass is 10.0. The molecule has 1 aliphatic heterocycles. The zero-order valence-electron chi connectivity index (χ0n) is 11.1. The van der Waals surface area contributed by atoms with E-state index in [1.54, 1.807) is 12.1 Å². The van der Waals surface area contributed by atoms with Crippen LogP contribution in [0.2, 0.25) is 0 Å². The van der Waals surface area contributed by atoms with Crippen molar-refractivity contribution < 1.29 is 18.3 Å². The molecule has 21 heavy (non-hydrogen) atoms. The second kappa shape index (κ2) is 6.02. The Morgan fingerprint density at radius 2 is 1.90 bits per heavy atom. The van der Waals surface area contributed by atoms with Gasteiger partial charge in [0.25, 0.3) is 0 Å². The lowest BCUT2D eigenvalue weighted by Gasteiger charge is -2.13. The normalized spacial score (nSPS) is 14.7. The Hall–Kier alpha value is -1.62. The van der Waals surface area contributed by atoms with Gasteiger partial charge in [-0.3, -0.25) is 0 Å². The van der Waals surface area contributed by atoms with Gasteiger partial charge in [0.05, 0.1) is 11.4 Å². The van der Waals surface area contributed by atoms with Crippen molar-refractivity contribution in [2.24, 2.45) is 0 Å². The van der Waals surface area contributed by atoms with Crippen LogP contribution in [0.1, 0.15) is 21.5 Å². The predicted octanol–water partition coefficient (Wildman–Crippen LogP) is 4.71. The smallest absolute Gasteiger partial charge is 0.387 e. The van der Waals surface area contributed by atoms with Crippen molar-refractivity contribution >= 4 is 15.9 Å². The third-order valence-corrected chi connectivity index (χ3v) is 4.44. The summed E-state index contributed by atoms with van der Waals surface area (Å²) in [6.45, 7) is -2.10. The van der Waals surface area contributed by atoms with E-state index >= 15 is 0 Å². The van der Waals surface area contributed by atoms with E-state index in [-0.39, 0.29) is 10.6 Å². The molecule has 0 aliphatic carbocycles. The van der Waals surface area contributed by atoms with Gasteiger partial charge in [0.15, 0.2) is 0 Å². The third-order valence-electron chi connectivity index (χ3n) is 3.38. The molecular formula is C16H13BrF2O2. The molecule has 0 amide bonds. The van der Waals surface area contributed by atoms with Crippen LogP contribution < -0.4 is 9.47 Å². The second-order valence-electron chi connectivity index (χ2n) is 4.78. The highest BCUT2D eigenvalue weighted by Gasteiger charge is 2.17. The van der Waals surface area contributed by atoms with Crippen molar-refractivity contribution in [3.63, 3.8) is 0 Å². The van der Waals surface area contributed by atoms with E-state index in [1.807, 2.05) is 18.2 Å². The Labute approximate surface area is 129 Å². The van der Waals surface area contributed by atoms with Crippen LogP contribution in [0.5, 0.6) is 11.5 Å². The Morgan fingerprint density at radius 1 is 1.10 bits per heavy atom. The van der Waals surface area contributed by atoms with Crippen LogP contribution in [-0.4, -0.2) is 13.2 Å². The summed E-state index contributed by atoms with van der Waals surface area (Å²) in [6, 6.07) is 12.7. The molecule has 0 saturated carbocycles. The van der Waals surface area contributed by atoms with Crippen LogP contribution in [-0.2, 0) is 6.42 Å². The van der Waals surface area contributed by atoms with Gasteiger partial charge in [-0.1, -0.05) is 40.2 Å². The van der Waals surface area contributed by atoms with Crippen LogP contribution in [0.25, 0.3) is 0 Å². The number of hydrogen-bond donors (Lipinski definition) is 0. The highest BCUT2D eigenvalue weighted by Crippen LogP contribution is 2.36. The van der Waals surface area contributed by atoms with Gasteiger partial charge < -0.3 is 9.47 Å². The maximum Gasteiger partial charge on any atom is 0.387 e. The molecule has 0 radical (unpaired) electrons. The molecule has 3 rings (SSSR count). The van der Waals surface area contributed by atoms with E-state index in [1.165, 1.54) is 11.6 Å². The van der Waals surface area contributed by atoms with Crippen molar-refractivity contribution in [1.29, 1.82) is 0 Å². The molecule has 0 fully saturated rings. The first kappa shape index (κ1) is 14.3. The van der Waals surface area contributed by atoms with Gasteiger partial charge in [-0.25, -0.2) is 0 Å². The van der Waals surface area contributed by atoms with Crippen molar-refractivity contribution in [2.45, 2.75) is 17.9 Å². The average Bonchev–Trinajstić information content (AvgIpc) is 2.93.